The summed E-state index contributed by atoms with van der Waals surface area (Å²) in [5, 5.41) is 9.31. The van der Waals surface area contributed by atoms with Gasteiger partial charge >= 0.3 is 5.97 Å². The fraction of sp³-hybridized carbons (Fsp3) is 0.700. The van der Waals surface area contributed by atoms with E-state index in [-0.39, 0.29) is 5.57 Å². The molecule has 1 fully saturated rings. The van der Waals surface area contributed by atoms with E-state index in [0.29, 0.717) is 17.8 Å². The minimum absolute atomic E-state index is 0.288. The lowest BCUT2D eigenvalue weighted by atomic mass is 10.1. The molecule has 0 bridgehead atoms. The van der Waals surface area contributed by atoms with Gasteiger partial charge in [-0.05, 0) is 6.92 Å². The summed E-state index contributed by atoms with van der Waals surface area (Å²) in [5.74, 6) is 0.196. The van der Waals surface area contributed by atoms with Crippen LogP contribution >= 0.6 is 11.8 Å². The summed E-state index contributed by atoms with van der Waals surface area (Å²) >= 11 is 1.95. The average Bonchev–Trinajstić information content (AvgIpc) is 2.12. The second kappa shape index (κ2) is 4.84. The Bertz CT molecular complexity index is 242. The zero-order chi connectivity index (χ0) is 10.7. The quantitative estimate of drug-likeness (QED) is 0.723. The van der Waals surface area contributed by atoms with E-state index in [4.69, 9.17) is 5.11 Å². The number of carboxylic acid groups (broad SMARTS) is 1. The molecule has 0 spiro atoms. The maximum atomic E-state index is 10.6. The Balaban J connectivity index is 2.51. The topological polar surface area (TPSA) is 40.5 Å². The maximum absolute atomic E-state index is 10.6. The third-order valence-corrected chi connectivity index (χ3v) is 4.05. The van der Waals surface area contributed by atoms with Gasteiger partial charge in [0.1, 0.15) is 0 Å². The predicted molar refractivity (Wildman–Crippen MR) is 59.7 cm³/mol. The summed E-state index contributed by atoms with van der Waals surface area (Å²) < 4.78 is 0. The number of aliphatic carboxylic acids is 1. The first kappa shape index (κ1) is 11.6. The predicted octanol–water partition coefficient (Wildman–Crippen LogP) is 1.45. The van der Waals surface area contributed by atoms with Gasteiger partial charge in [-0.25, -0.2) is 4.79 Å². The number of rotatable bonds is 3. The van der Waals surface area contributed by atoms with Crippen molar-refractivity contribution < 1.29 is 9.90 Å². The van der Waals surface area contributed by atoms with Gasteiger partial charge in [0, 0.05) is 35.7 Å². The summed E-state index contributed by atoms with van der Waals surface area (Å²) in [7, 11) is 0. The van der Waals surface area contributed by atoms with Crippen LogP contribution in [0.5, 0.6) is 0 Å². The van der Waals surface area contributed by atoms with Gasteiger partial charge in [-0.2, -0.15) is 11.8 Å². The van der Waals surface area contributed by atoms with Gasteiger partial charge in [-0.3, -0.25) is 4.90 Å². The van der Waals surface area contributed by atoms with Crippen molar-refractivity contribution >= 4 is 17.7 Å². The number of hydrogen-bond donors (Lipinski definition) is 1. The standard InChI is InChI=1S/C10H17NO2S/c1-7(10(12)13)6-11-4-5-14-9(3)8(11)2/h8-9H,1,4-6H2,2-3H3,(H,12,13). The molecule has 1 aliphatic rings. The van der Waals surface area contributed by atoms with E-state index < -0.39 is 5.97 Å². The van der Waals surface area contributed by atoms with Crippen LogP contribution in [0.25, 0.3) is 0 Å². The van der Waals surface area contributed by atoms with E-state index in [1.165, 1.54) is 0 Å². The number of carbonyl (C=O) groups is 1. The molecule has 0 aromatic rings. The van der Waals surface area contributed by atoms with Crippen molar-refractivity contribution in [3.05, 3.63) is 12.2 Å². The lowest BCUT2D eigenvalue weighted by Crippen LogP contribution is -2.45. The van der Waals surface area contributed by atoms with Crippen molar-refractivity contribution in [2.75, 3.05) is 18.8 Å². The highest BCUT2D eigenvalue weighted by atomic mass is 32.2. The van der Waals surface area contributed by atoms with E-state index in [1.807, 2.05) is 11.8 Å². The molecule has 0 radical (unpaired) electrons. The highest BCUT2D eigenvalue weighted by molar-refractivity contribution is 8.00. The van der Waals surface area contributed by atoms with E-state index >= 15 is 0 Å². The number of hydrogen-bond acceptors (Lipinski definition) is 3. The van der Waals surface area contributed by atoms with Crippen molar-refractivity contribution in [3.8, 4) is 0 Å². The van der Waals surface area contributed by atoms with Crippen molar-refractivity contribution in [2.45, 2.75) is 25.1 Å². The van der Waals surface area contributed by atoms with Crippen LogP contribution in [0.15, 0.2) is 12.2 Å². The smallest absolute Gasteiger partial charge is 0.332 e. The highest BCUT2D eigenvalue weighted by Crippen LogP contribution is 2.24. The van der Waals surface area contributed by atoms with Gasteiger partial charge in [0.2, 0.25) is 0 Å². The van der Waals surface area contributed by atoms with Gasteiger partial charge in [0.05, 0.1) is 0 Å². The molecule has 0 aromatic carbocycles. The zero-order valence-electron chi connectivity index (χ0n) is 8.69. The molecule has 1 aliphatic heterocycles. The second-order valence-electron chi connectivity index (χ2n) is 3.70. The summed E-state index contributed by atoms with van der Waals surface area (Å²) in [4.78, 5) is 12.8. The van der Waals surface area contributed by atoms with Crippen molar-refractivity contribution in [3.63, 3.8) is 0 Å². The molecule has 1 rings (SSSR count). The molecule has 1 heterocycles. The molecular formula is C10H17NO2S. The molecule has 0 aromatic heterocycles. The Hall–Kier alpha value is -0.480. The first-order chi connectivity index (χ1) is 6.52. The number of nitrogens with zero attached hydrogens (tertiary/aromatic N) is 1. The van der Waals surface area contributed by atoms with Crippen LogP contribution in [-0.2, 0) is 4.79 Å². The van der Waals surface area contributed by atoms with Crippen molar-refractivity contribution in [1.82, 2.24) is 4.90 Å². The second-order valence-corrected chi connectivity index (χ2v) is 5.18. The summed E-state index contributed by atoms with van der Waals surface area (Å²) in [6.07, 6.45) is 0. The normalized spacial score (nSPS) is 28.7. The molecule has 0 saturated carbocycles. The van der Waals surface area contributed by atoms with E-state index in [0.717, 1.165) is 12.3 Å². The molecule has 2 unspecified atom stereocenters. The van der Waals surface area contributed by atoms with Crippen LogP contribution in [0.3, 0.4) is 0 Å². The van der Waals surface area contributed by atoms with Crippen LogP contribution in [0.1, 0.15) is 13.8 Å². The Labute approximate surface area is 89.2 Å². The zero-order valence-corrected chi connectivity index (χ0v) is 9.51. The average molecular weight is 215 g/mol. The van der Waals surface area contributed by atoms with Gasteiger partial charge in [-0.15, -0.1) is 0 Å². The SMILES string of the molecule is C=C(CN1CCSC(C)C1C)C(=O)O. The van der Waals surface area contributed by atoms with E-state index in [1.54, 1.807) is 0 Å². The summed E-state index contributed by atoms with van der Waals surface area (Å²) in [6.45, 7) is 9.34. The first-order valence-electron chi connectivity index (χ1n) is 4.79. The molecule has 0 amide bonds. The lowest BCUT2D eigenvalue weighted by Gasteiger charge is -2.37. The molecule has 1 N–H and O–H groups in total. The Morgan fingerprint density at radius 3 is 2.86 bits per heavy atom. The van der Waals surface area contributed by atoms with Crippen LogP contribution < -0.4 is 0 Å². The van der Waals surface area contributed by atoms with Gasteiger partial charge in [-0.1, -0.05) is 13.5 Å². The largest absolute Gasteiger partial charge is 0.478 e. The third-order valence-electron chi connectivity index (χ3n) is 2.71. The lowest BCUT2D eigenvalue weighted by molar-refractivity contribution is -0.132. The van der Waals surface area contributed by atoms with Crippen molar-refractivity contribution in [1.29, 1.82) is 0 Å². The minimum atomic E-state index is -0.886. The highest BCUT2D eigenvalue weighted by Gasteiger charge is 2.26. The van der Waals surface area contributed by atoms with Crippen LogP contribution in [0, 0.1) is 0 Å². The fourth-order valence-corrected chi connectivity index (χ4v) is 2.69. The number of thioether (sulfide) groups is 1. The molecule has 1 saturated heterocycles. The van der Waals surface area contributed by atoms with Crippen LogP contribution in [0.2, 0.25) is 0 Å². The molecule has 80 valence electrons. The maximum Gasteiger partial charge on any atom is 0.332 e. The van der Waals surface area contributed by atoms with Crippen molar-refractivity contribution in [2.24, 2.45) is 0 Å². The molecule has 3 nitrogen and oxygen atoms in total. The molecular weight excluding hydrogens is 198 g/mol. The third kappa shape index (κ3) is 2.75. The Morgan fingerprint density at radius 1 is 1.64 bits per heavy atom. The van der Waals surface area contributed by atoms with Gasteiger partial charge in [0.15, 0.2) is 0 Å². The van der Waals surface area contributed by atoms with Gasteiger partial charge in [0.25, 0.3) is 0 Å². The minimum Gasteiger partial charge on any atom is -0.478 e. The molecule has 0 aliphatic carbocycles. The fourth-order valence-electron chi connectivity index (χ4n) is 1.53. The Kier molecular flexibility index (Phi) is 4.01. The molecule has 14 heavy (non-hydrogen) atoms. The summed E-state index contributed by atoms with van der Waals surface area (Å²) in [6, 6.07) is 0.435. The first-order valence-corrected chi connectivity index (χ1v) is 5.84. The van der Waals surface area contributed by atoms with Crippen LogP contribution in [-0.4, -0.2) is 46.1 Å². The summed E-state index contributed by atoms with van der Waals surface area (Å²) in [5.41, 5.74) is 0.288. The Morgan fingerprint density at radius 2 is 2.29 bits per heavy atom. The monoisotopic (exact) mass is 215 g/mol. The molecule has 4 heteroatoms. The molecule has 2 atom stereocenters. The van der Waals surface area contributed by atoms with E-state index in [9.17, 15) is 4.79 Å². The van der Waals surface area contributed by atoms with Crippen LogP contribution in [0.4, 0.5) is 0 Å². The number of carboxylic acids is 1. The van der Waals surface area contributed by atoms with E-state index in [2.05, 4.69) is 25.3 Å². The van der Waals surface area contributed by atoms with Gasteiger partial charge < -0.3 is 5.11 Å².